The molecule has 0 amide bonds. The zero-order chi connectivity index (χ0) is 17.3. The predicted molar refractivity (Wildman–Crippen MR) is 83.7 cm³/mol. The topological polar surface area (TPSA) is 51.6 Å². The second-order valence-electron chi connectivity index (χ2n) is 4.90. The molecule has 4 nitrogen and oxygen atoms in total. The van der Waals surface area contributed by atoms with E-state index in [4.69, 9.17) is 9.47 Å². The molecule has 2 aromatic carbocycles. The van der Waals surface area contributed by atoms with E-state index in [1.54, 1.807) is 0 Å². The van der Waals surface area contributed by atoms with E-state index in [2.05, 4.69) is 4.98 Å². The third-order valence-electron chi connectivity index (χ3n) is 3.29. The molecule has 0 aliphatic carbocycles. The first kappa shape index (κ1) is 16.5. The van der Waals surface area contributed by atoms with Gasteiger partial charge in [-0.1, -0.05) is 23.5 Å². The molecule has 0 saturated heterocycles. The third-order valence-corrected chi connectivity index (χ3v) is 4.20. The molecule has 8 heteroatoms. The fraction of sp³-hybridized carbons (Fsp3) is 0.188. The summed E-state index contributed by atoms with van der Waals surface area (Å²) in [4.78, 5) is 4.29. The Hall–Kier alpha value is -2.32. The molecule has 0 fully saturated rings. The number of methoxy groups -OCH3 is 1. The summed E-state index contributed by atoms with van der Waals surface area (Å²) in [5.74, 6) is 0.155. The van der Waals surface area contributed by atoms with Gasteiger partial charge in [0.25, 0.3) is 5.19 Å². The van der Waals surface area contributed by atoms with Gasteiger partial charge in [0.1, 0.15) is 11.5 Å². The lowest BCUT2D eigenvalue weighted by atomic mass is 10.1. The zero-order valence-corrected chi connectivity index (χ0v) is 13.2. The van der Waals surface area contributed by atoms with Gasteiger partial charge in [0.05, 0.1) is 17.3 Å². The third kappa shape index (κ3) is 3.29. The van der Waals surface area contributed by atoms with E-state index in [-0.39, 0.29) is 17.1 Å². The standard InChI is InChI=1S/C16H12F3NO3S/c1-22-12-8-9(6-7-10(12)14(21)16(17,18)19)23-15-20-11-4-2-3-5-13(11)24-15/h2-8,14,21H,1H3. The monoisotopic (exact) mass is 355 g/mol. The molecule has 126 valence electrons. The number of fused-ring (bicyclic) bond motifs is 1. The molecule has 0 radical (unpaired) electrons. The van der Waals surface area contributed by atoms with Crippen LogP contribution in [0.15, 0.2) is 42.5 Å². The molecule has 0 aliphatic rings. The van der Waals surface area contributed by atoms with Crippen LogP contribution in [0.25, 0.3) is 10.2 Å². The van der Waals surface area contributed by atoms with Crippen LogP contribution in [0, 0.1) is 0 Å². The van der Waals surface area contributed by atoms with E-state index in [1.807, 2.05) is 24.3 Å². The smallest absolute Gasteiger partial charge is 0.418 e. The van der Waals surface area contributed by atoms with Crippen molar-refractivity contribution >= 4 is 21.6 Å². The van der Waals surface area contributed by atoms with Gasteiger partial charge in [0.2, 0.25) is 0 Å². The van der Waals surface area contributed by atoms with Gasteiger partial charge in [-0.05, 0) is 24.3 Å². The number of ether oxygens (including phenoxy) is 2. The quantitative estimate of drug-likeness (QED) is 0.737. The van der Waals surface area contributed by atoms with Crippen LogP contribution in [0.5, 0.6) is 16.7 Å². The van der Waals surface area contributed by atoms with E-state index >= 15 is 0 Å². The highest BCUT2D eigenvalue weighted by Crippen LogP contribution is 2.39. The summed E-state index contributed by atoms with van der Waals surface area (Å²) in [5.41, 5.74) is 0.398. The summed E-state index contributed by atoms with van der Waals surface area (Å²) in [6.07, 6.45) is -7.40. The first-order valence-corrected chi connectivity index (χ1v) is 7.66. The van der Waals surface area contributed by atoms with E-state index in [0.29, 0.717) is 5.19 Å². The number of rotatable bonds is 4. The highest BCUT2D eigenvalue weighted by molar-refractivity contribution is 7.20. The van der Waals surface area contributed by atoms with Gasteiger partial charge < -0.3 is 14.6 Å². The van der Waals surface area contributed by atoms with Crippen molar-refractivity contribution < 1.29 is 27.8 Å². The molecule has 1 heterocycles. The van der Waals surface area contributed by atoms with Crippen LogP contribution in [0.1, 0.15) is 11.7 Å². The second-order valence-corrected chi connectivity index (χ2v) is 5.89. The molecule has 0 saturated carbocycles. The van der Waals surface area contributed by atoms with Gasteiger partial charge in [-0.3, -0.25) is 0 Å². The van der Waals surface area contributed by atoms with Crippen molar-refractivity contribution in [1.82, 2.24) is 4.98 Å². The number of aromatic nitrogens is 1. The van der Waals surface area contributed by atoms with Crippen LogP contribution in [0.2, 0.25) is 0 Å². The maximum atomic E-state index is 12.7. The van der Waals surface area contributed by atoms with Crippen molar-refractivity contribution in [3.05, 3.63) is 48.0 Å². The van der Waals surface area contributed by atoms with Crippen molar-refractivity contribution in [2.45, 2.75) is 12.3 Å². The second kappa shape index (κ2) is 6.29. The van der Waals surface area contributed by atoms with Crippen LogP contribution >= 0.6 is 11.3 Å². The molecule has 24 heavy (non-hydrogen) atoms. The number of thiazole rings is 1. The summed E-state index contributed by atoms with van der Waals surface area (Å²) < 4.78 is 49.5. The maximum absolute atomic E-state index is 12.7. The van der Waals surface area contributed by atoms with Crippen LogP contribution in [-0.4, -0.2) is 23.4 Å². The maximum Gasteiger partial charge on any atom is 0.418 e. The number of hydrogen-bond acceptors (Lipinski definition) is 5. The van der Waals surface area contributed by atoms with E-state index in [9.17, 15) is 18.3 Å². The SMILES string of the molecule is COc1cc(Oc2nc3ccccc3s2)ccc1C(O)C(F)(F)F. The van der Waals surface area contributed by atoms with Gasteiger partial charge in [-0.15, -0.1) is 0 Å². The number of nitrogens with zero attached hydrogens (tertiary/aromatic N) is 1. The zero-order valence-electron chi connectivity index (χ0n) is 12.4. The minimum absolute atomic E-state index is 0.113. The summed E-state index contributed by atoms with van der Waals surface area (Å²) in [7, 11) is 1.23. The molecule has 0 bridgehead atoms. The fourth-order valence-electron chi connectivity index (χ4n) is 2.15. The van der Waals surface area contributed by atoms with Gasteiger partial charge in [0.15, 0.2) is 6.10 Å². The first-order chi connectivity index (χ1) is 11.4. The van der Waals surface area contributed by atoms with Crippen LogP contribution in [0.3, 0.4) is 0 Å². The number of benzene rings is 2. The summed E-state index contributed by atoms with van der Waals surface area (Å²) >= 11 is 1.32. The van der Waals surface area contributed by atoms with Crippen LogP contribution < -0.4 is 9.47 Å². The lowest BCUT2D eigenvalue weighted by Crippen LogP contribution is -2.20. The van der Waals surface area contributed by atoms with Gasteiger partial charge >= 0.3 is 6.18 Å². The number of aliphatic hydroxyl groups is 1. The molecular weight excluding hydrogens is 343 g/mol. The first-order valence-electron chi connectivity index (χ1n) is 6.84. The lowest BCUT2D eigenvalue weighted by molar-refractivity contribution is -0.207. The number of para-hydroxylation sites is 1. The minimum Gasteiger partial charge on any atom is -0.496 e. The van der Waals surface area contributed by atoms with Gasteiger partial charge in [0, 0.05) is 11.6 Å². The Morgan fingerprint density at radius 2 is 1.92 bits per heavy atom. The molecule has 1 aromatic heterocycles. The normalized spacial score (nSPS) is 13.0. The minimum atomic E-state index is -4.78. The molecule has 1 N–H and O–H groups in total. The highest BCUT2D eigenvalue weighted by atomic mass is 32.1. The Morgan fingerprint density at radius 3 is 2.58 bits per heavy atom. The molecule has 3 aromatic rings. The van der Waals surface area contributed by atoms with E-state index in [1.165, 1.54) is 30.6 Å². The van der Waals surface area contributed by atoms with E-state index in [0.717, 1.165) is 16.3 Å². The van der Waals surface area contributed by atoms with Crippen LogP contribution in [0.4, 0.5) is 13.2 Å². The molecule has 0 aliphatic heterocycles. The Kier molecular flexibility index (Phi) is 4.33. The van der Waals surface area contributed by atoms with Crippen molar-refractivity contribution in [3.63, 3.8) is 0 Å². The molecule has 1 unspecified atom stereocenters. The van der Waals surface area contributed by atoms with Crippen molar-refractivity contribution in [1.29, 1.82) is 0 Å². The Morgan fingerprint density at radius 1 is 1.17 bits per heavy atom. The van der Waals surface area contributed by atoms with Crippen molar-refractivity contribution in [2.24, 2.45) is 0 Å². The largest absolute Gasteiger partial charge is 0.496 e. The fourth-order valence-corrected chi connectivity index (χ4v) is 2.99. The number of hydrogen-bond donors (Lipinski definition) is 1. The van der Waals surface area contributed by atoms with Crippen molar-refractivity contribution in [2.75, 3.05) is 7.11 Å². The molecular formula is C16H12F3NO3S. The number of alkyl halides is 3. The average molecular weight is 355 g/mol. The summed E-state index contributed by atoms with van der Waals surface area (Å²) in [5, 5.41) is 9.75. The van der Waals surface area contributed by atoms with Gasteiger partial charge in [-0.25, -0.2) is 4.98 Å². The van der Waals surface area contributed by atoms with Gasteiger partial charge in [-0.2, -0.15) is 13.2 Å². The lowest BCUT2D eigenvalue weighted by Gasteiger charge is -2.18. The molecule has 1 atom stereocenters. The Labute approximate surface area is 139 Å². The molecule has 3 rings (SSSR count). The Balaban J connectivity index is 1.89. The predicted octanol–water partition coefficient (Wildman–Crippen LogP) is 4.69. The van der Waals surface area contributed by atoms with Crippen molar-refractivity contribution in [3.8, 4) is 16.7 Å². The summed E-state index contributed by atoms with van der Waals surface area (Å²) in [6, 6.07) is 11.2. The van der Waals surface area contributed by atoms with E-state index < -0.39 is 12.3 Å². The summed E-state index contributed by atoms with van der Waals surface area (Å²) in [6.45, 7) is 0. The molecule has 0 spiro atoms. The Bertz CT molecular complexity index is 830. The van der Waals surface area contributed by atoms with Crippen LogP contribution in [-0.2, 0) is 0 Å². The number of aliphatic hydroxyl groups excluding tert-OH is 1. The average Bonchev–Trinajstić information content (AvgIpc) is 2.95. The highest BCUT2D eigenvalue weighted by Gasteiger charge is 2.41. The number of halogens is 3.